The number of hydrogen-bond donors (Lipinski definition) is 2. The van der Waals surface area contributed by atoms with Gasteiger partial charge in [-0.25, -0.2) is 4.39 Å². The summed E-state index contributed by atoms with van der Waals surface area (Å²) in [5.41, 5.74) is 0.880. The fourth-order valence-corrected chi connectivity index (χ4v) is 1.26. The van der Waals surface area contributed by atoms with Crippen molar-refractivity contribution in [3.8, 4) is 5.75 Å². The van der Waals surface area contributed by atoms with E-state index in [1.54, 1.807) is 6.92 Å². The molecule has 0 aliphatic rings. The van der Waals surface area contributed by atoms with Crippen LogP contribution in [0.25, 0.3) is 0 Å². The Balaban J connectivity index is 3.24. The molecule has 0 amide bonds. The molecule has 0 saturated heterocycles. The van der Waals surface area contributed by atoms with Gasteiger partial charge < -0.3 is 10.2 Å². The molecule has 2 nitrogen and oxygen atoms in total. The number of phenols is 1. The molecule has 0 bridgehead atoms. The Morgan fingerprint density at radius 3 is 2.69 bits per heavy atom. The molecule has 0 aliphatic heterocycles. The Morgan fingerprint density at radius 1 is 1.54 bits per heavy atom. The summed E-state index contributed by atoms with van der Waals surface area (Å²) in [6, 6.07) is 1.52. The van der Waals surface area contributed by atoms with Crippen LogP contribution in [0.4, 0.5) is 4.39 Å². The van der Waals surface area contributed by atoms with Crippen LogP contribution in [0, 0.1) is 12.7 Å². The lowest BCUT2D eigenvalue weighted by atomic mass is 10.1. The molecule has 4 heteroatoms. The van der Waals surface area contributed by atoms with Crippen molar-refractivity contribution >= 4 is 11.6 Å². The Labute approximate surface area is 80.6 Å². The van der Waals surface area contributed by atoms with Gasteiger partial charge in [0.25, 0.3) is 0 Å². The van der Waals surface area contributed by atoms with Crippen LogP contribution in [-0.2, 0) is 6.42 Å². The Hall–Kier alpha value is -0.800. The van der Waals surface area contributed by atoms with Gasteiger partial charge in [-0.05, 0) is 24.5 Å². The maximum atomic E-state index is 13.2. The number of aliphatic hydroxyl groups is 1. The van der Waals surface area contributed by atoms with Crippen LogP contribution < -0.4 is 0 Å². The van der Waals surface area contributed by atoms with E-state index >= 15 is 0 Å². The minimum atomic E-state index is -0.746. The summed E-state index contributed by atoms with van der Waals surface area (Å²) >= 11 is 5.60. The number of aryl methyl sites for hydroxylation is 1. The van der Waals surface area contributed by atoms with Crippen LogP contribution in [-0.4, -0.2) is 16.8 Å². The highest BCUT2D eigenvalue weighted by Gasteiger charge is 2.13. The summed E-state index contributed by atoms with van der Waals surface area (Å²) in [4.78, 5) is 0. The maximum absolute atomic E-state index is 13.2. The largest absolute Gasteiger partial charge is 0.504 e. The van der Waals surface area contributed by atoms with Crippen molar-refractivity contribution in [2.24, 2.45) is 0 Å². The molecule has 72 valence electrons. The summed E-state index contributed by atoms with van der Waals surface area (Å²) in [5.74, 6) is -1.28. The van der Waals surface area contributed by atoms with Gasteiger partial charge in [0.1, 0.15) is 0 Å². The third-order valence-electron chi connectivity index (χ3n) is 1.82. The van der Waals surface area contributed by atoms with Gasteiger partial charge in [-0.3, -0.25) is 0 Å². The molecule has 1 aromatic carbocycles. The van der Waals surface area contributed by atoms with Crippen LogP contribution >= 0.6 is 11.6 Å². The fourth-order valence-electron chi connectivity index (χ4n) is 1.13. The molecular formula is C9H10ClFO2. The van der Waals surface area contributed by atoms with Crippen LogP contribution in [0.15, 0.2) is 6.07 Å². The monoisotopic (exact) mass is 204 g/mol. The smallest absolute Gasteiger partial charge is 0.170 e. The first-order valence-electron chi connectivity index (χ1n) is 3.85. The normalized spacial score (nSPS) is 10.5. The van der Waals surface area contributed by atoms with E-state index in [1.165, 1.54) is 6.07 Å². The van der Waals surface area contributed by atoms with Crippen molar-refractivity contribution in [3.63, 3.8) is 0 Å². The molecule has 0 saturated carbocycles. The van der Waals surface area contributed by atoms with E-state index in [9.17, 15) is 9.50 Å². The topological polar surface area (TPSA) is 40.5 Å². The Bertz CT molecular complexity index is 326. The van der Waals surface area contributed by atoms with Crippen molar-refractivity contribution in [1.29, 1.82) is 0 Å². The Morgan fingerprint density at radius 2 is 2.15 bits per heavy atom. The number of phenolic OH excluding ortho intramolecular Hbond substituents is 1. The number of hydrogen-bond acceptors (Lipinski definition) is 2. The van der Waals surface area contributed by atoms with Crippen LogP contribution in [0.1, 0.15) is 11.1 Å². The van der Waals surface area contributed by atoms with Gasteiger partial charge in [-0.1, -0.05) is 17.7 Å². The molecule has 2 N–H and O–H groups in total. The predicted molar refractivity (Wildman–Crippen MR) is 48.6 cm³/mol. The van der Waals surface area contributed by atoms with Crippen molar-refractivity contribution in [3.05, 3.63) is 28.0 Å². The average Bonchev–Trinajstić information content (AvgIpc) is 2.11. The third-order valence-corrected chi connectivity index (χ3v) is 2.29. The van der Waals surface area contributed by atoms with Gasteiger partial charge in [-0.15, -0.1) is 0 Å². The van der Waals surface area contributed by atoms with Gasteiger partial charge in [0.2, 0.25) is 0 Å². The van der Waals surface area contributed by atoms with E-state index < -0.39 is 11.6 Å². The molecule has 0 heterocycles. The van der Waals surface area contributed by atoms with E-state index in [1.807, 2.05) is 0 Å². The molecule has 1 aromatic rings. The SMILES string of the molecule is Cc1cc(CCO)c(F)c(O)c1Cl. The molecule has 0 spiro atoms. The zero-order valence-electron chi connectivity index (χ0n) is 7.14. The molecule has 0 aromatic heterocycles. The first-order chi connectivity index (χ1) is 6.07. The fraction of sp³-hybridized carbons (Fsp3) is 0.333. The lowest BCUT2D eigenvalue weighted by molar-refractivity contribution is 0.297. The predicted octanol–water partition coefficient (Wildman–Crippen LogP) is 2.03. The van der Waals surface area contributed by atoms with Gasteiger partial charge in [0.15, 0.2) is 11.6 Å². The van der Waals surface area contributed by atoms with Crippen LogP contribution in [0.5, 0.6) is 5.75 Å². The molecule has 0 radical (unpaired) electrons. The number of aromatic hydroxyl groups is 1. The summed E-state index contributed by atoms with van der Waals surface area (Å²) in [6.45, 7) is 1.51. The second-order valence-corrected chi connectivity index (χ2v) is 3.18. The summed E-state index contributed by atoms with van der Waals surface area (Å²) < 4.78 is 13.2. The van der Waals surface area contributed by atoms with Gasteiger partial charge in [0, 0.05) is 6.61 Å². The Kier molecular flexibility index (Phi) is 3.12. The zero-order chi connectivity index (χ0) is 10.0. The minimum Gasteiger partial charge on any atom is -0.504 e. The summed E-state index contributed by atoms with van der Waals surface area (Å²) in [5, 5.41) is 17.8. The van der Waals surface area contributed by atoms with Gasteiger partial charge in [-0.2, -0.15) is 0 Å². The second-order valence-electron chi connectivity index (χ2n) is 2.80. The quantitative estimate of drug-likeness (QED) is 0.774. The van der Waals surface area contributed by atoms with Crippen LogP contribution in [0.2, 0.25) is 5.02 Å². The van der Waals surface area contributed by atoms with Gasteiger partial charge in [0.05, 0.1) is 5.02 Å². The molecular weight excluding hydrogens is 195 g/mol. The van der Waals surface area contributed by atoms with Crippen molar-refractivity contribution in [2.75, 3.05) is 6.61 Å². The van der Waals surface area contributed by atoms with E-state index in [0.717, 1.165) is 0 Å². The maximum Gasteiger partial charge on any atom is 0.170 e. The van der Waals surface area contributed by atoms with E-state index in [4.69, 9.17) is 16.7 Å². The summed E-state index contributed by atoms with van der Waals surface area (Å²) in [7, 11) is 0. The second kappa shape index (κ2) is 3.94. The molecule has 13 heavy (non-hydrogen) atoms. The van der Waals surface area contributed by atoms with Crippen LogP contribution in [0.3, 0.4) is 0 Å². The van der Waals surface area contributed by atoms with Crippen molar-refractivity contribution in [2.45, 2.75) is 13.3 Å². The summed E-state index contributed by atoms with van der Waals surface area (Å²) in [6.07, 6.45) is 0.178. The third kappa shape index (κ3) is 1.92. The highest BCUT2D eigenvalue weighted by molar-refractivity contribution is 6.32. The van der Waals surface area contributed by atoms with E-state index in [2.05, 4.69) is 0 Å². The first kappa shape index (κ1) is 10.3. The molecule has 0 fully saturated rings. The zero-order valence-corrected chi connectivity index (χ0v) is 7.90. The van der Waals surface area contributed by atoms with Crippen molar-refractivity contribution < 1.29 is 14.6 Å². The number of aliphatic hydroxyl groups excluding tert-OH is 1. The standard InChI is InChI=1S/C9H10ClFO2/c1-5-4-6(2-3-12)8(11)9(13)7(5)10/h4,12-13H,2-3H2,1H3. The molecule has 0 aliphatic carbocycles. The molecule has 1 rings (SSSR count). The lowest BCUT2D eigenvalue weighted by Gasteiger charge is -2.07. The van der Waals surface area contributed by atoms with E-state index in [0.29, 0.717) is 5.56 Å². The highest BCUT2D eigenvalue weighted by atomic mass is 35.5. The first-order valence-corrected chi connectivity index (χ1v) is 4.23. The number of rotatable bonds is 2. The van der Waals surface area contributed by atoms with E-state index in [-0.39, 0.29) is 23.6 Å². The molecule has 0 unspecified atom stereocenters. The lowest BCUT2D eigenvalue weighted by Crippen LogP contribution is -1.97. The average molecular weight is 205 g/mol. The number of benzene rings is 1. The van der Waals surface area contributed by atoms with Gasteiger partial charge >= 0.3 is 0 Å². The van der Waals surface area contributed by atoms with Crippen molar-refractivity contribution in [1.82, 2.24) is 0 Å². The number of halogens is 2. The minimum absolute atomic E-state index is 0.0270. The highest BCUT2D eigenvalue weighted by Crippen LogP contribution is 2.32. The molecule has 0 atom stereocenters.